The average molecular weight is 259 g/mol. The quantitative estimate of drug-likeness (QED) is 0.867. The molecule has 104 valence electrons. The Labute approximate surface area is 116 Å². The van der Waals surface area contributed by atoms with E-state index in [0.29, 0.717) is 18.1 Å². The predicted molar refractivity (Wildman–Crippen MR) is 78.8 cm³/mol. The standard InChI is InChI=1S/C17H25NO/c1-2-18-17-9-4-3-8-16(17)13-6-5-7-15(12-13)19-14-10-11-14/h5-7,12,14,16-18H,2-4,8-11H2,1H3. The molecule has 2 saturated carbocycles. The van der Waals surface area contributed by atoms with Crippen molar-refractivity contribution in [2.75, 3.05) is 6.54 Å². The van der Waals surface area contributed by atoms with Gasteiger partial charge < -0.3 is 10.1 Å². The molecule has 19 heavy (non-hydrogen) atoms. The molecule has 0 bridgehead atoms. The minimum atomic E-state index is 0.492. The Hall–Kier alpha value is -1.02. The van der Waals surface area contributed by atoms with Crippen LogP contribution in [0.5, 0.6) is 5.75 Å². The summed E-state index contributed by atoms with van der Waals surface area (Å²) in [6, 6.07) is 9.46. The molecule has 2 aliphatic carbocycles. The summed E-state index contributed by atoms with van der Waals surface area (Å²) in [6.45, 7) is 3.28. The Bertz CT molecular complexity index is 411. The number of rotatable bonds is 5. The normalized spacial score (nSPS) is 27.2. The first kappa shape index (κ1) is 13.0. The molecule has 0 aromatic heterocycles. The van der Waals surface area contributed by atoms with Crippen LogP contribution in [0.1, 0.15) is 56.9 Å². The van der Waals surface area contributed by atoms with E-state index in [9.17, 15) is 0 Å². The largest absolute Gasteiger partial charge is 0.490 e. The van der Waals surface area contributed by atoms with Gasteiger partial charge >= 0.3 is 0 Å². The molecule has 0 amide bonds. The van der Waals surface area contributed by atoms with Gasteiger partial charge in [0.15, 0.2) is 0 Å². The molecular formula is C17H25NO. The number of nitrogens with one attached hydrogen (secondary N) is 1. The molecule has 2 unspecified atom stereocenters. The highest BCUT2D eigenvalue weighted by molar-refractivity contribution is 5.32. The number of benzene rings is 1. The molecule has 2 atom stereocenters. The Morgan fingerprint density at radius 2 is 2.00 bits per heavy atom. The average Bonchev–Trinajstić information content (AvgIpc) is 3.24. The van der Waals surface area contributed by atoms with Crippen molar-refractivity contribution in [2.45, 2.75) is 63.5 Å². The van der Waals surface area contributed by atoms with Crippen molar-refractivity contribution in [1.82, 2.24) is 5.32 Å². The van der Waals surface area contributed by atoms with Crippen LogP contribution in [0.3, 0.4) is 0 Å². The lowest BCUT2D eigenvalue weighted by Crippen LogP contribution is -2.37. The first-order chi connectivity index (χ1) is 9.36. The molecule has 0 saturated heterocycles. The molecule has 0 radical (unpaired) electrons. The summed E-state index contributed by atoms with van der Waals surface area (Å²) in [7, 11) is 0. The van der Waals surface area contributed by atoms with E-state index in [0.717, 1.165) is 12.3 Å². The fraction of sp³-hybridized carbons (Fsp3) is 0.647. The number of ether oxygens (including phenoxy) is 1. The highest BCUT2D eigenvalue weighted by Gasteiger charge is 2.27. The molecule has 1 aromatic carbocycles. The van der Waals surface area contributed by atoms with E-state index in [2.05, 4.69) is 36.5 Å². The van der Waals surface area contributed by atoms with Gasteiger partial charge in [0, 0.05) is 6.04 Å². The molecule has 1 aromatic rings. The third kappa shape index (κ3) is 3.30. The zero-order valence-electron chi connectivity index (χ0n) is 11.9. The van der Waals surface area contributed by atoms with Crippen molar-refractivity contribution in [1.29, 1.82) is 0 Å². The summed E-state index contributed by atoms with van der Waals surface area (Å²) in [4.78, 5) is 0. The lowest BCUT2D eigenvalue weighted by molar-refractivity contribution is 0.300. The first-order valence-electron chi connectivity index (χ1n) is 7.87. The zero-order chi connectivity index (χ0) is 13.1. The maximum absolute atomic E-state index is 5.93. The Kier molecular flexibility index (Phi) is 4.07. The highest BCUT2D eigenvalue weighted by atomic mass is 16.5. The van der Waals surface area contributed by atoms with Gasteiger partial charge in [-0.25, -0.2) is 0 Å². The van der Waals surface area contributed by atoms with Crippen molar-refractivity contribution in [3.63, 3.8) is 0 Å². The van der Waals surface area contributed by atoms with Gasteiger partial charge in [0.2, 0.25) is 0 Å². The summed E-state index contributed by atoms with van der Waals surface area (Å²) < 4.78 is 5.93. The molecule has 0 heterocycles. The molecule has 2 nitrogen and oxygen atoms in total. The molecule has 1 N–H and O–H groups in total. The fourth-order valence-corrected chi connectivity index (χ4v) is 3.23. The van der Waals surface area contributed by atoms with E-state index in [4.69, 9.17) is 4.74 Å². The zero-order valence-corrected chi connectivity index (χ0v) is 11.9. The number of likely N-dealkylation sites (N-methyl/N-ethyl adjacent to an activating group) is 1. The third-order valence-electron chi connectivity index (χ3n) is 4.35. The van der Waals surface area contributed by atoms with Crippen LogP contribution < -0.4 is 10.1 Å². The van der Waals surface area contributed by atoms with Gasteiger partial charge in [-0.05, 0) is 55.8 Å². The van der Waals surface area contributed by atoms with Crippen LogP contribution in [-0.4, -0.2) is 18.7 Å². The molecule has 2 heteroatoms. The monoisotopic (exact) mass is 259 g/mol. The smallest absolute Gasteiger partial charge is 0.120 e. The van der Waals surface area contributed by atoms with Gasteiger partial charge in [0.25, 0.3) is 0 Å². The van der Waals surface area contributed by atoms with Crippen molar-refractivity contribution < 1.29 is 4.74 Å². The number of hydrogen-bond acceptors (Lipinski definition) is 2. The number of hydrogen-bond donors (Lipinski definition) is 1. The van der Waals surface area contributed by atoms with Crippen molar-refractivity contribution in [3.8, 4) is 5.75 Å². The van der Waals surface area contributed by atoms with E-state index < -0.39 is 0 Å². The van der Waals surface area contributed by atoms with Crippen LogP contribution in [0.15, 0.2) is 24.3 Å². The third-order valence-corrected chi connectivity index (χ3v) is 4.35. The molecule has 0 spiro atoms. The van der Waals surface area contributed by atoms with Crippen molar-refractivity contribution >= 4 is 0 Å². The van der Waals surface area contributed by atoms with Gasteiger partial charge in [-0.15, -0.1) is 0 Å². The van der Waals surface area contributed by atoms with Crippen LogP contribution in [0.2, 0.25) is 0 Å². The van der Waals surface area contributed by atoms with Crippen LogP contribution in [-0.2, 0) is 0 Å². The van der Waals surface area contributed by atoms with Crippen LogP contribution in [0, 0.1) is 0 Å². The van der Waals surface area contributed by atoms with Crippen LogP contribution >= 0.6 is 0 Å². The highest BCUT2D eigenvalue weighted by Crippen LogP contribution is 2.35. The topological polar surface area (TPSA) is 21.3 Å². The summed E-state index contributed by atoms with van der Waals surface area (Å²) in [6.07, 6.45) is 8.30. The second kappa shape index (κ2) is 5.96. The first-order valence-corrected chi connectivity index (χ1v) is 7.87. The second-order valence-electron chi connectivity index (χ2n) is 5.94. The Balaban J connectivity index is 1.74. The molecular weight excluding hydrogens is 234 g/mol. The summed E-state index contributed by atoms with van der Waals surface area (Å²) in [5.41, 5.74) is 1.46. The van der Waals surface area contributed by atoms with Gasteiger partial charge in [0.05, 0.1) is 6.10 Å². The molecule has 2 aliphatic rings. The Morgan fingerprint density at radius 1 is 1.16 bits per heavy atom. The van der Waals surface area contributed by atoms with Crippen molar-refractivity contribution in [2.24, 2.45) is 0 Å². The summed E-state index contributed by atoms with van der Waals surface area (Å²) >= 11 is 0. The second-order valence-corrected chi connectivity index (χ2v) is 5.94. The minimum Gasteiger partial charge on any atom is -0.490 e. The van der Waals surface area contributed by atoms with E-state index >= 15 is 0 Å². The maximum atomic E-state index is 5.93. The van der Waals surface area contributed by atoms with Crippen molar-refractivity contribution in [3.05, 3.63) is 29.8 Å². The van der Waals surface area contributed by atoms with Crippen LogP contribution in [0.4, 0.5) is 0 Å². The SMILES string of the molecule is CCNC1CCCCC1c1cccc(OC2CC2)c1. The minimum absolute atomic E-state index is 0.492. The van der Waals surface area contributed by atoms with E-state index in [1.807, 2.05) is 0 Å². The summed E-state index contributed by atoms with van der Waals surface area (Å²) in [5.74, 6) is 1.73. The molecule has 2 fully saturated rings. The molecule has 0 aliphatic heterocycles. The van der Waals surface area contributed by atoms with E-state index in [1.54, 1.807) is 0 Å². The van der Waals surface area contributed by atoms with Gasteiger partial charge in [-0.3, -0.25) is 0 Å². The fourth-order valence-electron chi connectivity index (χ4n) is 3.23. The maximum Gasteiger partial charge on any atom is 0.120 e. The van der Waals surface area contributed by atoms with Gasteiger partial charge in [0.1, 0.15) is 5.75 Å². The van der Waals surface area contributed by atoms with E-state index in [-0.39, 0.29) is 0 Å². The van der Waals surface area contributed by atoms with Gasteiger partial charge in [-0.2, -0.15) is 0 Å². The van der Waals surface area contributed by atoms with Crippen LogP contribution in [0.25, 0.3) is 0 Å². The van der Waals surface area contributed by atoms with Gasteiger partial charge in [-0.1, -0.05) is 31.9 Å². The Morgan fingerprint density at radius 3 is 2.79 bits per heavy atom. The van der Waals surface area contributed by atoms with E-state index in [1.165, 1.54) is 44.1 Å². The predicted octanol–water partition coefficient (Wildman–Crippen LogP) is 3.86. The summed E-state index contributed by atoms with van der Waals surface area (Å²) in [5, 5.41) is 3.66. The molecule has 3 rings (SSSR count). The lowest BCUT2D eigenvalue weighted by atomic mass is 9.80. The lowest BCUT2D eigenvalue weighted by Gasteiger charge is -2.32.